The van der Waals surface area contributed by atoms with Gasteiger partial charge in [-0.1, -0.05) is 6.07 Å². The molecule has 1 aromatic heterocycles. The summed E-state index contributed by atoms with van der Waals surface area (Å²) in [4.78, 5) is 16.8. The standard InChI is InChI=1S/C32H33F3N2O4S/c1-31(2,3)41-30(38)37-16-14-36(15-17-37)21-7-9-22(10-8-21)40-28-25-13-11-23(39-5)19-27(25)42-29(28)24-12-6-20(33)18-26(24)32(4,34)35/h6-13,18-19H,14-17H2,1-5H3. The van der Waals surface area contributed by atoms with Crippen LogP contribution in [-0.4, -0.2) is 49.9 Å². The average molecular weight is 599 g/mol. The summed E-state index contributed by atoms with van der Waals surface area (Å²) in [6.45, 7) is 8.70. The molecule has 5 rings (SSSR count). The Morgan fingerprint density at radius 1 is 0.881 bits per heavy atom. The van der Waals surface area contributed by atoms with Crippen LogP contribution in [0.25, 0.3) is 20.5 Å². The molecule has 42 heavy (non-hydrogen) atoms. The number of halogens is 3. The fourth-order valence-electron chi connectivity index (χ4n) is 4.85. The van der Waals surface area contributed by atoms with Gasteiger partial charge in [-0.25, -0.2) is 18.0 Å². The Hall–Kier alpha value is -3.92. The number of piperazine rings is 1. The van der Waals surface area contributed by atoms with Crippen LogP contribution in [0.2, 0.25) is 0 Å². The second-order valence-electron chi connectivity index (χ2n) is 11.3. The summed E-state index contributed by atoms with van der Waals surface area (Å²) in [5.74, 6) is -2.44. The van der Waals surface area contributed by atoms with Crippen molar-refractivity contribution < 1.29 is 32.2 Å². The average Bonchev–Trinajstić information content (AvgIpc) is 3.29. The number of hydrogen-bond acceptors (Lipinski definition) is 6. The van der Waals surface area contributed by atoms with Gasteiger partial charge in [-0.3, -0.25) is 0 Å². The summed E-state index contributed by atoms with van der Waals surface area (Å²) in [5.41, 5.74) is 0.224. The Morgan fingerprint density at radius 2 is 1.55 bits per heavy atom. The van der Waals surface area contributed by atoms with Gasteiger partial charge in [-0.15, -0.1) is 11.3 Å². The summed E-state index contributed by atoms with van der Waals surface area (Å²) >= 11 is 1.28. The van der Waals surface area contributed by atoms with E-state index < -0.39 is 22.9 Å². The van der Waals surface area contributed by atoms with Gasteiger partial charge in [-0.05, 0) is 75.4 Å². The normalized spacial score (nSPS) is 14.3. The minimum atomic E-state index is -3.27. The number of rotatable bonds is 6. The lowest BCUT2D eigenvalue weighted by molar-refractivity contribution is 0.0177. The van der Waals surface area contributed by atoms with Crippen LogP contribution in [0.4, 0.5) is 23.7 Å². The van der Waals surface area contributed by atoms with Gasteiger partial charge in [0.25, 0.3) is 5.92 Å². The maximum atomic E-state index is 14.6. The molecule has 4 aromatic rings. The molecule has 3 aromatic carbocycles. The van der Waals surface area contributed by atoms with E-state index in [0.717, 1.165) is 28.8 Å². The molecule has 2 heterocycles. The number of thiophene rings is 1. The van der Waals surface area contributed by atoms with Gasteiger partial charge in [0.2, 0.25) is 0 Å². The Labute approximate surface area is 247 Å². The minimum absolute atomic E-state index is 0.207. The van der Waals surface area contributed by atoms with Crippen LogP contribution in [0.15, 0.2) is 60.7 Å². The highest BCUT2D eigenvalue weighted by atomic mass is 32.1. The summed E-state index contributed by atoms with van der Waals surface area (Å²) in [5, 5.41) is 0.729. The molecular formula is C32H33F3N2O4S. The summed E-state index contributed by atoms with van der Waals surface area (Å²) in [7, 11) is 1.56. The number of anilines is 1. The molecule has 1 amide bonds. The predicted octanol–water partition coefficient (Wildman–Crippen LogP) is 8.68. The molecule has 0 spiro atoms. The number of fused-ring (bicyclic) bond motifs is 1. The van der Waals surface area contributed by atoms with Crippen molar-refractivity contribution in [3.8, 4) is 27.7 Å². The fourth-order valence-corrected chi connectivity index (χ4v) is 6.05. The van der Waals surface area contributed by atoms with Crippen LogP contribution >= 0.6 is 11.3 Å². The highest BCUT2D eigenvalue weighted by molar-refractivity contribution is 7.22. The molecule has 1 aliphatic rings. The first-order valence-electron chi connectivity index (χ1n) is 13.6. The van der Waals surface area contributed by atoms with E-state index in [0.29, 0.717) is 48.3 Å². The van der Waals surface area contributed by atoms with E-state index in [9.17, 15) is 18.0 Å². The van der Waals surface area contributed by atoms with Crippen LogP contribution in [0, 0.1) is 5.82 Å². The lowest BCUT2D eigenvalue weighted by atomic mass is 10.00. The zero-order valence-electron chi connectivity index (χ0n) is 24.2. The molecule has 0 atom stereocenters. The summed E-state index contributed by atoms with van der Waals surface area (Å²) in [6.07, 6.45) is -0.313. The van der Waals surface area contributed by atoms with E-state index in [2.05, 4.69) is 4.90 Å². The van der Waals surface area contributed by atoms with Crippen LogP contribution < -0.4 is 14.4 Å². The van der Waals surface area contributed by atoms with Crippen molar-refractivity contribution in [1.82, 2.24) is 4.90 Å². The van der Waals surface area contributed by atoms with Crippen molar-refractivity contribution >= 4 is 33.2 Å². The molecule has 0 unspecified atom stereocenters. The van der Waals surface area contributed by atoms with Crippen molar-refractivity contribution in [3.05, 3.63) is 72.0 Å². The van der Waals surface area contributed by atoms with Gasteiger partial charge in [0, 0.05) is 60.0 Å². The molecule has 0 saturated carbocycles. The zero-order chi connectivity index (χ0) is 30.2. The third kappa shape index (κ3) is 6.43. The van der Waals surface area contributed by atoms with Crippen LogP contribution in [0.5, 0.6) is 17.2 Å². The quantitative estimate of drug-likeness (QED) is 0.222. The third-order valence-corrected chi connectivity index (χ3v) is 8.07. The van der Waals surface area contributed by atoms with Gasteiger partial charge in [0.05, 0.1) is 12.0 Å². The number of ether oxygens (including phenoxy) is 3. The molecular weight excluding hydrogens is 565 g/mol. The lowest BCUT2D eigenvalue weighted by Crippen LogP contribution is -2.50. The molecule has 1 saturated heterocycles. The minimum Gasteiger partial charge on any atom is -0.497 e. The summed E-state index contributed by atoms with van der Waals surface area (Å²) in [6, 6.07) is 16.4. The number of amides is 1. The van der Waals surface area contributed by atoms with E-state index in [1.807, 2.05) is 57.2 Å². The highest BCUT2D eigenvalue weighted by Crippen LogP contribution is 2.50. The molecule has 222 valence electrons. The van der Waals surface area contributed by atoms with E-state index in [4.69, 9.17) is 14.2 Å². The monoisotopic (exact) mass is 598 g/mol. The largest absolute Gasteiger partial charge is 0.497 e. The highest BCUT2D eigenvalue weighted by Gasteiger charge is 2.31. The molecule has 1 aliphatic heterocycles. The van der Waals surface area contributed by atoms with Crippen LogP contribution in [-0.2, 0) is 10.7 Å². The van der Waals surface area contributed by atoms with E-state index in [1.165, 1.54) is 23.5 Å². The number of methoxy groups -OCH3 is 1. The number of hydrogen-bond donors (Lipinski definition) is 0. The van der Waals surface area contributed by atoms with Crippen molar-refractivity contribution in [3.63, 3.8) is 0 Å². The van der Waals surface area contributed by atoms with E-state index in [1.54, 1.807) is 18.1 Å². The lowest BCUT2D eigenvalue weighted by Gasteiger charge is -2.36. The topological polar surface area (TPSA) is 51.2 Å². The second-order valence-corrected chi connectivity index (χ2v) is 12.3. The number of nitrogens with zero attached hydrogens (tertiary/aromatic N) is 2. The first-order chi connectivity index (χ1) is 19.8. The Kier molecular flexibility index (Phi) is 8.02. The number of carbonyl (C=O) groups is 1. The van der Waals surface area contributed by atoms with Gasteiger partial charge in [0.1, 0.15) is 22.9 Å². The number of carbonyl (C=O) groups excluding carboxylic acids is 1. The fraction of sp³-hybridized carbons (Fsp3) is 0.344. The van der Waals surface area contributed by atoms with Crippen molar-refractivity contribution in [2.75, 3.05) is 38.2 Å². The van der Waals surface area contributed by atoms with Crippen molar-refractivity contribution in [2.24, 2.45) is 0 Å². The van der Waals surface area contributed by atoms with Gasteiger partial charge >= 0.3 is 6.09 Å². The first kappa shape index (κ1) is 29.6. The Balaban J connectivity index is 1.41. The third-order valence-electron chi connectivity index (χ3n) is 6.90. The Morgan fingerprint density at radius 3 is 2.17 bits per heavy atom. The first-order valence-corrected chi connectivity index (χ1v) is 14.4. The molecule has 0 N–H and O–H groups in total. The molecule has 0 radical (unpaired) electrons. The Bertz CT molecular complexity index is 1580. The van der Waals surface area contributed by atoms with Crippen molar-refractivity contribution in [1.29, 1.82) is 0 Å². The molecule has 1 fully saturated rings. The van der Waals surface area contributed by atoms with E-state index >= 15 is 0 Å². The van der Waals surface area contributed by atoms with Gasteiger partial charge in [0.15, 0.2) is 5.75 Å². The SMILES string of the molecule is COc1ccc2c(Oc3ccc(N4CCN(C(=O)OC(C)(C)C)CC4)cc3)c(-c3ccc(F)cc3C(C)(F)F)sc2c1. The van der Waals surface area contributed by atoms with Crippen molar-refractivity contribution in [2.45, 2.75) is 39.2 Å². The predicted molar refractivity (Wildman–Crippen MR) is 160 cm³/mol. The number of alkyl halides is 2. The number of benzene rings is 3. The van der Waals surface area contributed by atoms with Crippen LogP contribution in [0.3, 0.4) is 0 Å². The molecule has 10 heteroatoms. The van der Waals surface area contributed by atoms with Crippen LogP contribution in [0.1, 0.15) is 33.3 Å². The second kappa shape index (κ2) is 11.4. The molecule has 0 bridgehead atoms. The maximum Gasteiger partial charge on any atom is 0.410 e. The van der Waals surface area contributed by atoms with Gasteiger partial charge < -0.3 is 24.0 Å². The van der Waals surface area contributed by atoms with E-state index in [-0.39, 0.29) is 11.7 Å². The zero-order valence-corrected chi connectivity index (χ0v) is 25.0. The maximum absolute atomic E-state index is 14.6. The molecule has 0 aliphatic carbocycles. The van der Waals surface area contributed by atoms with Gasteiger partial charge in [-0.2, -0.15) is 0 Å². The molecule has 6 nitrogen and oxygen atoms in total. The summed E-state index contributed by atoms with van der Waals surface area (Å²) < 4.78 is 61.3. The smallest absolute Gasteiger partial charge is 0.410 e.